The molecule has 1 heterocycles. The normalized spacial score (nSPS) is 21.1. The molecule has 0 spiro atoms. The number of nitrogens with zero attached hydrogens (tertiary/aromatic N) is 2. The predicted octanol–water partition coefficient (Wildman–Crippen LogP) is 2.30. The predicted molar refractivity (Wildman–Crippen MR) is 111 cm³/mol. The van der Waals surface area contributed by atoms with Crippen LogP contribution in [-0.2, 0) is 9.59 Å². The van der Waals surface area contributed by atoms with Gasteiger partial charge in [0.05, 0.1) is 12.5 Å². The van der Waals surface area contributed by atoms with Gasteiger partial charge in [0.25, 0.3) is 0 Å². The Hall–Kier alpha value is -2.57. The zero-order chi connectivity index (χ0) is 20.6. The third kappa shape index (κ3) is 5.95. The molecule has 2 fully saturated rings. The first kappa shape index (κ1) is 21.1. The molecule has 1 unspecified atom stereocenters. The van der Waals surface area contributed by atoms with Crippen molar-refractivity contribution in [2.45, 2.75) is 45.1 Å². The molecule has 1 aliphatic carbocycles. The Morgan fingerprint density at radius 3 is 2.59 bits per heavy atom. The van der Waals surface area contributed by atoms with Crippen molar-refractivity contribution in [3.63, 3.8) is 0 Å². The van der Waals surface area contributed by atoms with Gasteiger partial charge in [-0.2, -0.15) is 0 Å². The van der Waals surface area contributed by atoms with Gasteiger partial charge in [-0.05, 0) is 31.2 Å². The van der Waals surface area contributed by atoms with E-state index in [1.165, 1.54) is 0 Å². The highest BCUT2D eigenvalue weighted by Gasteiger charge is 2.37. The highest BCUT2D eigenvalue weighted by molar-refractivity contribution is 5.83. The molecule has 7 heteroatoms. The second kappa shape index (κ2) is 10.3. The van der Waals surface area contributed by atoms with E-state index in [1.54, 1.807) is 4.90 Å². The third-order valence-corrected chi connectivity index (χ3v) is 5.49. The van der Waals surface area contributed by atoms with E-state index >= 15 is 0 Å². The Labute approximate surface area is 172 Å². The largest absolute Gasteiger partial charge is 0.354 e. The van der Waals surface area contributed by atoms with E-state index in [1.807, 2.05) is 42.2 Å². The van der Waals surface area contributed by atoms with Crippen LogP contribution in [0.15, 0.2) is 30.3 Å². The van der Waals surface area contributed by atoms with Gasteiger partial charge in [0.2, 0.25) is 11.8 Å². The highest BCUT2D eigenvalue weighted by Crippen LogP contribution is 2.35. The van der Waals surface area contributed by atoms with E-state index in [0.29, 0.717) is 39.1 Å². The Morgan fingerprint density at radius 2 is 1.90 bits per heavy atom. The summed E-state index contributed by atoms with van der Waals surface area (Å²) in [6.07, 6.45) is 3.65. The molecule has 1 aromatic carbocycles. The number of carbonyl (C=O) groups excluding carboxylic acids is 3. The molecular weight excluding hydrogens is 368 g/mol. The smallest absolute Gasteiger partial charge is 0.317 e. The fourth-order valence-electron chi connectivity index (χ4n) is 3.74. The monoisotopic (exact) mass is 400 g/mol. The molecule has 2 N–H and O–H groups in total. The summed E-state index contributed by atoms with van der Waals surface area (Å²) >= 11 is 0. The summed E-state index contributed by atoms with van der Waals surface area (Å²) in [7, 11) is 0. The topological polar surface area (TPSA) is 81.8 Å². The Kier molecular flexibility index (Phi) is 7.49. The minimum atomic E-state index is -0.273. The van der Waals surface area contributed by atoms with Crippen molar-refractivity contribution in [3.05, 3.63) is 35.9 Å². The van der Waals surface area contributed by atoms with Gasteiger partial charge in [0.15, 0.2) is 0 Å². The zero-order valence-electron chi connectivity index (χ0n) is 17.2. The fraction of sp³-hybridized carbons (Fsp3) is 0.591. The van der Waals surface area contributed by atoms with Crippen LogP contribution in [0.1, 0.15) is 50.6 Å². The van der Waals surface area contributed by atoms with E-state index in [9.17, 15) is 14.4 Å². The third-order valence-electron chi connectivity index (χ3n) is 5.49. The minimum Gasteiger partial charge on any atom is -0.354 e. The summed E-state index contributed by atoms with van der Waals surface area (Å²) in [5.41, 5.74) is 0.980. The molecule has 158 valence electrons. The number of urea groups is 1. The van der Waals surface area contributed by atoms with Crippen LogP contribution in [0.2, 0.25) is 0 Å². The van der Waals surface area contributed by atoms with Crippen molar-refractivity contribution in [2.75, 3.05) is 32.7 Å². The average molecular weight is 401 g/mol. The first-order valence-corrected chi connectivity index (χ1v) is 10.7. The number of nitrogens with one attached hydrogen (secondary N) is 2. The maximum atomic E-state index is 13.1. The summed E-state index contributed by atoms with van der Waals surface area (Å²) in [5, 5.41) is 5.83. The highest BCUT2D eigenvalue weighted by atomic mass is 16.2. The van der Waals surface area contributed by atoms with E-state index < -0.39 is 0 Å². The average Bonchev–Trinajstić information content (AvgIpc) is 3.57. The molecule has 0 bridgehead atoms. The first-order valence-electron chi connectivity index (χ1n) is 10.7. The molecule has 7 nitrogen and oxygen atoms in total. The van der Waals surface area contributed by atoms with Crippen molar-refractivity contribution < 1.29 is 14.4 Å². The van der Waals surface area contributed by atoms with Gasteiger partial charge in [0, 0.05) is 38.6 Å². The van der Waals surface area contributed by atoms with Crippen molar-refractivity contribution in [1.82, 2.24) is 20.4 Å². The van der Waals surface area contributed by atoms with E-state index in [0.717, 1.165) is 24.8 Å². The molecule has 0 radical (unpaired) electrons. The van der Waals surface area contributed by atoms with E-state index in [4.69, 9.17) is 0 Å². The molecular formula is C22H32N4O3. The van der Waals surface area contributed by atoms with Crippen molar-refractivity contribution >= 4 is 17.8 Å². The lowest BCUT2D eigenvalue weighted by Gasteiger charge is -2.32. The Morgan fingerprint density at radius 1 is 1.14 bits per heavy atom. The number of rotatable bonds is 4. The first-order chi connectivity index (χ1) is 14.1. The molecule has 29 heavy (non-hydrogen) atoms. The molecule has 1 saturated carbocycles. The molecule has 3 rings (SSSR count). The quantitative estimate of drug-likeness (QED) is 0.814. The number of amides is 4. The van der Waals surface area contributed by atoms with Gasteiger partial charge in [-0.3, -0.25) is 9.59 Å². The molecule has 0 aromatic heterocycles. The number of carbonyl (C=O) groups is 3. The molecule has 1 aromatic rings. The van der Waals surface area contributed by atoms with Crippen molar-refractivity contribution in [3.8, 4) is 0 Å². The second-order valence-electron chi connectivity index (χ2n) is 7.86. The lowest BCUT2D eigenvalue weighted by Crippen LogP contribution is -2.44. The van der Waals surface area contributed by atoms with Crippen molar-refractivity contribution in [2.24, 2.45) is 5.92 Å². The maximum Gasteiger partial charge on any atom is 0.317 e. The van der Waals surface area contributed by atoms with Crippen molar-refractivity contribution in [1.29, 1.82) is 0 Å². The van der Waals surface area contributed by atoms with E-state index in [-0.39, 0.29) is 36.2 Å². The van der Waals surface area contributed by atoms with Gasteiger partial charge in [-0.15, -0.1) is 0 Å². The van der Waals surface area contributed by atoms with Crippen LogP contribution < -0.4 is 10.6 Å². The zero-order valence-corrected chi connectivity index (χ0v) is 17.2. The Bertz CT molecular complexity index is 705. The van der Waals surface area contributed by atoms with Crippen LogP contribution >= 0.6 is 0 Å². The van der Waals surface area contributed by atoms with Crippen LogP contribution in [0.5, 0.6) is 0 Å². The SMILES string of the molecule is CCCNC(=O)N1CCCN(C(=O)C2CC2)C(c2ccccc2)CC(=O)NCC1. The Balaban J connectivity index is 1.79. The summed E-state index contributed by atoms with van der Waals surface area (Å²) in [6.45, 7) is 4.62. The van der Waals surface area contributed by atoms with Gasteiger partial charge in [-0.1, -0.05) is 37.3 Å². The number of hydrogen-bond donors (Lipinski definition) is 2. The van der Waals surface area contributed by atoms with Crippen LogP contribution in [0.4, 0.5) is 4.79 Å². The molecule has 1 saturated heterocycles. The summed E-state index contributed by atoms with van der Waals surface area (Å²) in [6, 6.07) is 9.40. The lowest BCUT2D eigenvalue weighted by molar-refractivity contribution is -0.136. The van der Waals surface area contributed by atoms with Crippen LogP contribution in [0.25, 0.3) is 0 Å². The summed E-state index contributed by atoms with van der Waals surface area (Å²) < 4.78 is 0. The minimum absolute atomic E-state index is 0.0818. The second-order valence-corrected chi connectivity index (χ2v) is 7.86. The van der Waals surface area contributed by atoms with Gasteiger partial charge >= 0.3 is 6.03 Å². The number of benzene rings is 1. The molecule has 1 aliphatic heterocycles. The molecule has 2 aliphatic rings. The van der Waals surface area contributed by atoms with E-state index in [2.05, 4.69) is 10.6 Å². The molecule has 1 atom stereocenters. The van der Waals surface area contributed by atoms with Gasteiger partial charge in [-0.25, -0.2) is 4.79 Å². The lowest BCUT2D eigenvalue weighted by atomic mass is 10.0. The van der Waals surface area contributed by atoms with Gasteiger partial charge in [0.1, 0.15) is 0 Å². The maximum absolute atomic E-state index is 13.1. The van der Waals surface area contributed by atoms with Crippen LogP contribution in [0.3, 0.4) is 0 Å². The summed E-state index contributed by atoms with van der Waals surface area (Å²) in [5.74, 6) is 0.120. The fourth-order valence-corrected chi connectivity index (χ4v) is 3.74. The van der Waals surface area contributed by atoms with Gasteiger partial charge < -0.3 is 20.4 Å². The van der Waals surface area contributed by atoms with Crippen LogP contribution in [-0.4, -0.2) is 60.4 Å². The molecule has 4 amide bonds. The summed E-state index contributed by atoms with van der Waals surface area (Å²) in [4.78, 5) is 41.7. The van der Waals surface area contributed by atoms with Crippen LogP contribution in [0, 0.1) is 5.92 Å². The standard InChI is InChI=1S/C22H32N4O3/c1-2-11-24-22(29)25-13-6-14-26(21(28)18-9-10-18)19(16-20(27)23-12-15-25)17-7-4-3-5-8-17/h3-5,7-8,18-19H,2,6,9-16H2,1H3,(H,23,27)(H,24,29). The number of hydrogen-bond acceptors (Lipinski definition) is 3.